The van der Waals surface area contributed by atoms with Crippen LogP contribution < -0.4 is 0 Å². The van der Waals surface area contributed by atoms with Gasteiger partial charge in [0.15, 0.2) is 0 Å². The molecule has 0 spiro atoms. The van der Waals surface area contributed by atoms with Gasteiger partial charge in [-0.25, -0.2) is 0 Å². The van der Waals surface area contributed by atoms with Crippen LogP contribution in [0.25, 0.3) is 0 Å². The monoisotopic (exact) mass is 248 g/mol. The summed E-state index contributed by atoms with van der Waals surface area (Å²) in [5.41, 5.74) is 0. The highest BCUT2D eigenvalue weighted by Crippen LogP contribution is 2.44. The predicted molar refractivity (Wildman–Crippen MR) is 46.7 cm³/mol. The first kappa shape index (κ1) is 13.6. The Morgan fingerprint density at radius 2 is 1.06 bits per heavy atom. The van der Waals surface area contributed by atoms with Crippen molar-refractivity contribution in [1.82, 2.24) is 0 Å². The van der Waals surface area contributed by atoms with Gasteiger partial charge >= 0.3 is 12.4 Å². The Morgan fingerprint density at radius 3 is 1.31 bits per heavy atom. The van der Waals surface area contributed by atoms with Crippen molar-refractivity contribution in [3.8, 4) is 0 Å². The van der Waals surface area contributed by atoms with E-state index in [4.69, 9.17) is 0 Å². The van der Waals surface area contributed by atoms with E-state index in [9.17, 15) is 26.3 Å². The predicted octanol–water partition coefficient (Wildman–Crippen LogP) is 4.55. The summed E-state index contributed by atoms with van der Waals surface area (Å²) in [7, 11) is 0. The van der Waals surface area contributed by atoms with Crippen molar-refractivity contribution < 1.29 is 26.3 Å². The lowest BCUT2D eigenvalue weighted by atomic mass is 9.93. The van der Waals surface area contributed by atoms with E-state index in [0.29, 0.717) is 0 Å². The van der Waals surface area contributed by atoms with Crippen LogP contribution in [-0.2, 0) is 0 Å². The largest absolute Gasteiger partial charge is 0.391 e. The van der Waals surface area contributed by atoms with E-state index in [0.717, 1.165) is 0 Å². The van der Waals surface area contributed by atoms with Gasteiger partial charge in [0.1, 0.15) is 0 Å². The molecule has 0 heterocycles. The molecule has 0 nitrogen and oxygen atoms in total. The summed E-state index contributed by atoms with van der Waals surface area (Å²) in [5.74, 6) is -3.68. The minimum Gasteiger partial charge on any atom is -0.171 e. The lowest BCUT2D eigenvalue weighted by Crippen LogP contribution is -2.24. The van der Waals surface area contributed by atoms with Gasteiger partial charge < -0.3 is 0 Å². The van der Waals surface area contributed by atoms with Gasteiger partial charge in [-0.05, 0) is 31.6 Å². The van der Waals surface area contributed by atoms with Crippen LogP contribution in [0.4, 0.5) is 26.3 Å². The molecule has 0 N–H and O–H groups in total. The number of alkyl halides is 6. The summed E-state index contributed by atoms with van der Waals surface area (Å²) >= 11 is 0. The minimum atomic E-state index is -4.37. The molecule has 1 rings (SSSR count). The van der Waals surface area contributed by atoms with E-state index in [1.807, 2.05) is 0 Å². The van der Waals surface area contributed by atoms with Crippen molar-refractivity contribution in [2.75, 3.05) is 0 Å². The van der Waals surface area contributed by atoms with Crippen molar-refractivity contribution in [2.45, 2.75) is 45.0 Å². The Morgan fingerprint density at radius 1 is 0.750 bits per heavy atom. The molecule has 0 radical (unpaired) electrons. The van der Waals surface area contributed by atoms with Crippen LogP contribution in [-0.4, -0.2) is 12.4 Å². The third-order valence-corrected chi connectivity index (χ3v) is 3.16. The normalized spacial score (nSPS) is 33.6. The molecule has 16 heavy (non-hydrogen) atoms. The van der Waals surface area contributed by atoms with Crippen molar-refractivity contribution in [2.24, 2.45) is 17.8 Å². The molecular weight excluding hydrogens is 234 g/mol. The van der Waals surface area contributed by atoms with Gasteiger partial charge in [-0.15, -0.1) is 0 Å². The molecule has 96 valence electrons. The zero-order valence-electron chi connectivity index (χ0n) is 8.83. The molecule has 0 aromatic rings. The molecule has 1 fully saturated rings. The summed E-state index contributed by atoms with van der Waals surface area (Å²) in [5, 5.41) is 0. The summed E-state index contributed by atoms with van der Waals surface area (Å²) in [6, 6.07) is 0. The Kier molecular flexibility index (Phi) is 3.80. The van der Waals surface area contributed by atoms with Crippen LogP contribution in [0.15, 0.2) is 0 Å². The molecule has 1 aliphatic carbocycles. The molecule has 0 saturated heterocycles. The standard InChI is InChI=1S/C10H14F6/c1-6-4-7(9(11,12)13)2-3-8(5-6)10(14,15)16/h6-8H,2-5H2,1H3. The SMILES string of the molecule is CC1CC(C(F)(F)F)CCC(C(F)(F)F)C1. The smallest absolute Gasteiger partial charge is 0.171 e. The van der Waals surface area contributed by atoms with E-state index >= 15 is 0 Å². The highest BCUT2D eigenvalue weighted by atomic mass is 19.4. The molecule has 0 aromatic carbocycles. The molecular formula is C10H14F6. The molecule has 0 aliphatic heterocycles. The molecule has 1 saturated carbocycles. The van der Waals surface area contributed by atoms with Crippen molar-refractivity contribution >= 4 is 0 Å². The average molecular weight is 248 g/mol. The third kappa shape index (κ3) is 3.56. The van der Waals surface area contributed by atoms with Crippen LogP contribution >= 0.6 is 0 Å². The number of hydrogen-bond donors (Lipinski definition) is 0. The van der Waals surface area contributed by atoms with Gasteiger partial charge in [0.2, 0.25) is 0 Å². The first-order chi connectivity index (χ1) is 7.10. The van der Waals surface area contributed by atoms with Gasteiger partial charge in [0.25, 0.3) is 0 Å². The van der Waals surface area contributed by atoms with E-state index in [1.54, 1.807) is 0 Å². The first-order valence-electron chi connectivity index (χ1n) is 5.24. The summed E-state index contributed by atoms with van der Waals surface area (Å²) in [6.45, 7) is 1.46. The maximum absolute atomic E-state index is 12.4. The molecule has 2 atom stereocenters. The number of rotatable bonds is 0. The Bertz CT molecular complexity index is 204. The maximum Gasteiger partial charge on any atom is 0.391 e. The van der Waals surface area contributed by atoms with E-state index in [1.165, 1.54) is 6.92 Å². The number of halogens is 6. The zero-order chi connectivity index (χ0) is 12.6. The van der Waals surface area contributed by atoms with Gasteiger partial charge in [-0.1, -0.05) is 6.92 Å². The van der Waals surface area contributed by atoms with Crippen molar-refractivity contribution in [1.29, 1.82) is 0 Å². The van der Waals surface area contributed by atoms with Crippen LogP contribution in [0.3, 0.4) is 0 Å². The van der Waals surface area contributed by atoms with Crippen molar-refractivity contribution in [3.05, 3.63) is 0 Å². The fourth-order valence-corrected chi connectivity index (χ4v) is 2.30. The van der Waals surface area contributed by atoms with E-state index < -0.39 is 42.9 Å². The third-order valence-electron chi connectivity index (χ3n) is 3.16. The van der Waals surface area contributed by atoms with Gasteiger partial charge in [-0.3, -0.25) is 0 Å². The van der Waals surface area contributed by atoms with Crippen molar-refractivity contribution in [3.63, 3.8) is 0 Å². The second-order valence-corrected chi connectivity index (χ2v) is 4.63. The summed E-state index contributed by atoms with van der Waals surface area (Å²) < 4.78 is 74.6. The average Bonchev–Trinajstić information content (AvgIpc) is 2.24. The highest BCUT2D eigenvalue weighted by molar-refractivity contribution is 4.81. The van der Waals surface area contributed by atoms with Crippen LogP contribution in [0.2, 0.25) is 0 Å². The minimum absolute atomic E-state index is 0.184. The van der Waals surface area contributed by atoms with E-state index in [-0.39, 0.29) is 12.8 Å². The molecule has 0 bridgehead atoms. The lowest BCUT2D eigenvalue weighted by molar-refractivity contribution is -0.187. The zero-order valence-corrected chi connectivity index (χ0v) is 8.83. The maximum atomic E-state index is 12.4. The molecule has 6 heteroatoms. The lowest BCUT2D eigenvalue weighted by Gasteiger charge is -2.20. The Hall–Kier alpha value is -0.420. The topological polar surface area (TPSA) is 0 Å². The molecule has 0 aromatic heterocycles. The Labute approximate surface area is 90.0 Å². The molecule has 1 aliphatic rings. The fourth-order valence-electron chi connectivity index (χ4n) is 2.30. The van der Waals surface area contributed by atoms with Gasteiger partial charge in [-0.2, -0.15) is 26.3 Å². The van der Waals surface area contributed by atoms with Gasteiger partial charge in [0, 0.05) is 0 Å². The van der Waals surface area contributed by atoms with E-state index in [2.05, 4.69) is 0 Å². The molecule has 0 amide bonds. The van der Waals surface area contributed by atoms with Gasteiger partial charge in [0.05, 0.1) is 11.8 Å². The van der Waals surface area contributed by atoms with Crippen LogP contribution in [0, 0.1) is 17.8 Å². The first-order valence-corrected chi connectivity index (χ1v) is 5.24. The number of hydrogen-bond acceptors (Lipinski definition) is 0. The quantitative estimate of drug-likeness (QED) is 0.435. The second kappa shape index (κ2) is 4.45. The summed E-state index contributed by atoms with van der Waals surface area (Å²) in [4.78, 5) is 0. The fraction of sp³-hybridized carbons (Fsp3) is 1.00. The van der Waals surface area contributed by atoms with Crippen LogP contribution in [0.5, 0.6) is 0 Å². The second-order valence-electron chi connectivity index (χ2n) is 4.63. The molecule has 2 unspecified atom stereocenters. The Balaban J connectivity index is 2.70. The van der Waals surface area contributed by atoms with Crippen LogP contribution in [0.1, 0.15) is 32.6 Å². The highest BCUT2D eigenvalue weighted by Gasteiger charge is 2.47. The summed E-state index contributed by atoms with van der Waals surface area (Å²) in [6.07, 6.45) is -9.91.